The van der Waals surface area contributed by atoms with E-state index in [9.17, 15) is 14.4 Å². The highest BCUT2D eigenvalue weighted by Gasteiger charge is 2.27. The van der Waals surface area contributed by atoms with Gasteiger partial charge in [-0.3, -0.25) is 9.59 Å². The van der Waals surface area contributed by atoms with Crippen LogP contribution in [0.25, 0.3) is 6.08 Å². The third-order valence-corrected chi connectivity index (χ3v) is 4.37. The van der Waals surface area contributed by atoms with Crippen molar-refractivity contribution in [2.45, 2.75) is 12.8 Å². The Balaban J connectivity index is 1.58. The van der Waals surface area contributed by atoms with E-state index in [2.05, 4.69) is 5.32 Å². The molecule has 0 radical (unpaired) electrons. The second-order valence-electron chi connectivity index (χ2n) is 5.93. The summed E-state index contributed by atoms with van der Waals surface area (Å²) >= 11 is 5.79. The van der Waals surface area contributed by atoms with E-state index in [4.69, 9.17) is 16.3 Å². The molecule has 26 heavy (non-hydrogen) atoms. The van der Waals surface area contributed by atoms with E-state index >= 15 is 0 Å². The number of hydrogen-bond donors (Lipinski definition) is 1. The van der Waals surface area contributed by atoms with Gasteiger partial charge in [0.05, 0.1) is 5.92 Å². The lowest BCUT2D eigenvalue weighted by molar-refractivity contribution is -0.136. The number of anilines is 1. The van der Waals surface area contributed by atoms with Crippen molar-refractivity contribution in [1.82, 2.24) is 0 Å². The molecule has 0 aromatic heterocycles. The molecule has 2 aromatic rings. The van der Waals surface area contributed by atoms with Gasteiger partial charge in [-0.05, 0) is 54.5 Å². The van der Waals surface area contributed by atoms with Gasteiger partial charge in [0, 0.05) is 22.3 Å². The van der Waals surface area contributed by atoms with E-state index in [1.807, 2.05) is 0 Å². The van der Waals surface area contributed by atoms with E-state index in [1.54, 1.807) is 55.5 Å². The Kier molecular flexibility index (Phi) is 5.19. The van der Waals surface area contributed by atoms with Crippen LogP contribution in [-0.4, -0.2) is 24.3 Å². The van der Waals surface area contributed by atoms with Gasteiger partial charge in [-0.15, -0.1) is 0 Å². The highest BCUT2D eigenvalue weighted by atomic mass is 35.5. The van der Waals surface area contributed by atoms with Crippen molar-refractivity contribution in [3.63, 3.8) is 0 Å². The molecular formula is C20H16ClNO4. The van der Waals surface area contributed by atoms with Gasteiger partial charge >= 0.3 is 5.97 Å². The number of fused-ring (bicyclic) bond motifs is 1. The van der Waals surface area contributed by atoms with Gasteiger partial charge in [0.2, 0.25) is 5.91 Å². The molecule has 1 heterocycles. The Morgan fingerprint density at radius 2 is 1.92 bits per heavy atom. The lowest BCUT2D eigenvalue weighted by Gasteiger charge is -2.06. The van der Waals surface area contributed by atoms with Gasteiger partial charge in [0.15, 0.2) is 12.4 Å². The second-order valence-corrected chi connectivity index (χ2v) is 6.37. The molecule has 0 bridgehead atoms. The SMILES string of the molecule is C[C@@H]1C(=O)Nc2ccc(C(=O)COC(=O)/C=C/c3ccc(Cl)cc3)cc21. The van der Waals surface area contributed by atoms with E-state index in [0.29, 0.717) is 16.3 Å². The number of hydrogen-bond acceptors (Lipinski definition) is 4. The zero-order valence-electron chi connectivity index (χ0n) is 14.0. The highest BCUT2D eigenvalue weighted by Crippen LogP contribution is 2.32. The van der Waals surface area contributed by atoms with Crippen LogP contribution < -0.4 is 5.32 Å². The van der Waals surface area contributed by atoms with Crippen LogP contribution in [0.4, 0.5) is 5.69 Å². The zero-order chi connectivity index (χ0) is 18.7. The molecule has 2 aromatic carbocycles. The summed E-state index contributed by atoms with van der Waals surface area (Å²) in [7, 11) is 0. The lowest BCUT2D eigenvalue weighted by atomic mass is 9.99. The molecule has 1 aliphatic heterocycles. The van der Waals surface area contributed by atoms with Gasteiger partial charge in [-0.1, -0.05) is 23.7 Å². The largest absolute Gasteiger partial charge is 0.454 e. The number of esters is 1. The second kappa shape index (κ2) is 7.54. The molecular weight excluding hydrogens is 354 g/mol. The van der Waals surface area contributed by atoms with Crippen molar-refractivity contribution in [2.24, 2.45) is 0 Å². The van der Waals surface area contributed by atoms with Gasteiger partial charge in [0.1, 0.15) is 0 Å². The monoisotopic (exact) mass is 369 g/mol. The minimum absolute atomic E-state index is 0.0941. The number of carbonyl (C=O) groups is 3. The number of nitrogens with one attached hydrogen (secondary N) is 1. The normalized spacial score (nSPS) is 15.6. The number of carbonyl (C=O) groups excluding carboxylic acids is 3. The van der Waals surface area contributed by atoms with Crippen LogP contribution in [0.15, 0.2) is 48.5 Å². The fourth-order valence-electron chi connectivity index (χ4n) is 2.60. The van der Waals surface area contributed by atoms with Crippen molar-refractivity contribution in [2.75, 3.05) is 11.9 Å². The summed E-state index contributed by atoms with van der Waals surface area (Å²) in [5.74, 6) is -1.33. The first kappa shape index (κ1) is 17.9. The average molecular weight is 370 g/mol. The molecule has 0 saturated carbocycles. The van der Waals surface area contributed by atoms with Crippen molar-refractivity contribution in [1.29, 1.82) is 0 Å². The maximum absolute atomic E-state index is 12.2. The Bertz CT molecular complexity index is 903. The van der Waals surface area contributed by atoms with Gasteiger partial charge in [-0.2, -0.15) is 0 Å². The van der Waals surface area contributed by atoms with E-state index in [0.717, 1.165) is 11.1 Å². The fraction of sp³-hybridized carbons (Fsp3) is 0.150. The Labute approximate surface area is 155 Å². The van der Waals surface area contributed by atoms with Crippen LogP contribution in [-0.2, 0) is 14.3 Å². The van der Waals surface area contributed by atoms with Gasteiger partial charge < -0.3 is 10.1 Å². The molecule has 1 amide bonds. The predicted octanol–water partition coefficient (Wildman–Crippen LogP) is 3.83. The molecule has 1 aliphatic rings. The number of amides is 1. The summed E-state index contributed by atoms with van der Waals surface area (Å²) in [4.78, 5) is 35.6. The summed E-state index contributed by atoms with van der Waals surface area (Å²) in [5.41, 5.74) is 2.68. The minimum atomic E-state index is -0.611. The molecule has 1 atom stereocenters. The molecule has 0 aliphatic carbocycles. The smallest absolute Gasteiger partial charge is 0.331 e. The molecule has 3 rings (SSSR count). The number of ketones is 1. The van der Waals surface area contributed by atoms with Crippen molar-refractivity contribution in [3.05, 3.63) is 70.3 Å². The number of Topliss-reactive ketones (excluding diaryl/α,β-unsaturated/α-hetero) is 1. The summed E-state index contributed by atoms with van der Waals surface area (Å²) in [6, 6.07) is 11.9. The number of halogens is 1. The summed E-state index contributed by atoms with van der Waals surface area (Å²) in [6.45, 7) is 1.41. The number of rotatable bonds is 5. The topological polar surface area (TPSA) is 72.5 Å². The third kappa shape index (κ3) is 4.00. The summed E-state index contributed by atoms with van der Waals surface area (Å²) < 4.78 is 4.99. The molecule has 0 unspecified atom stereocenters. The molecule has 0 spiro atoms. The van der Waals surface area contributed by atoms with E-state index < -0.39 is 5.97 Å². The zero-order valence-corrected chi connectivity index (χ0v) is 14.7. The summed E-state index contributed by atoms with van der Waals surface area (Å²) in [5, 5.41) is 3.35. The first-order valence-corrected chi connectivity index (χ1v) is 8.40. The van der Waals surface area contributed by atoms with Crippen LogP contribution in [0.1, 0.15) is 34.3 Å². The van der Waals surface area contributed by atoms with Crippen LogP contribution in [0.5, 0.6) is 0 Å². The van der Waals surface area contributed by atoms with Crippen LogP contribution in [0.2, 0.25) is 5.02 Å². The molecule has 132 valence electrons. The maximum atomic E-state index is 12.2. The first-order valence-electron chi connectivity index (χ1n) is 8.02. The van der Waals surface area contributed by atoms with Gasteiger partial charge in [0.25, 0.3) is 0 Å². The molecule has 0 fully saturated rings. The third-order valence-electron chi connectivity index (χ3n) is 4.12. The fourth-order valence-corrected chi connectivity index (χ4v) is 2.72. The summed E-state index contributed by atoms with van der Waals surface area (Å²) in [6.07, 6.45) is 2.83. The van der Waals surface area contributed by atoms with Crippen LogP contribution >= 0.6 is 11.6 Å². The Hall–Kier alpha value is -2.92. The first-order chi connectivity index (χ1) is 12.4. The van der Waals surface area contributed by atoms with E-state index in [1.165, 1.54) is 6.08 Å². The number of ether oxygens (including phenoxy) is 1. The van der Waals surface area contributed by atoms with Crippen LogP contribution in [0.3, 0.4) is 0 Å². The predicted molar refractivity (Wildman–Crippen MR) is 99.3 cm³/mol. The quantitative estimate of drug-likeness (QED) is 0.494. The van der Waals surface area contributed by atoms with E-state index in [-0.39, 0.29) is 24.2 Å². The molecule has 0 saturated heterocycles. The van der Waals surface area contributed by atoms with Crippen molar-refractivity contribution < 1.29 is 19.1 Å². The Morgan fingerprint density at radius 1 is 1.19 bits per heavy atom. The molecule has 5 nitrogen and oxygen atoms in total. The van der Waals surface area contributed by atoms with Gasteiger partial charge in [-0.25, -0.2) is 4.79 Å². The lowest BCUT2D eigenvalue weighted by Crippen LogP contribution is -2.13. The Morgan fingerprint density at radius 3 is 2.65 bits per heavy atom. The van der Waals surface area contributed by atoms with Crippen LogP contribution in [0, 0.1) is 0 Å². The average Bonchev–Trinajstić information content (AvgIpc) is 2.93. The number of benzene rings is 2. The maximum Gasteiger partial charge on any atom is 0.331 e. The van der Waals surface area contributed by atoms with Crippen molar-refractivity contribution >= 4 is 41.0 Å². The molecule has 1 N–H and O–H groups in total. The molecule has 6 heteroatoms. The standard InChI is InChI=1S/C20H16ClNO4/c1-12-16-10-14(5-8-17(16)22-20(12)25)18(23)11-26-19(24)9-4-13-2-6-15(21)7-3-13/h2-10,12H,11H2,1H3,(H,22,25)/b9-4+/t12-/m0/s1. The highest BCUT2D eigenvalue weighted by molar-refractivity contribution is 6.30. The minimum Gasteiger partial charge on any atom is -0.454 e. The van der Waals surface area contributed by atoms with Crippen molar-refractivity contribution in [3.8, 4) is 0 Å².